The van der Waals surface area contributed by atoms with Crippen LogP contribution in [0, 0.1) is 11.8 Å². The van der Waals surface area contributed by atoms with Gasteiger partial charge in [0.25, 0.3) is 5.91 Å². The second-order valence-corrected chi connectivity index (χ2v) is 18.0. The van der Waals surface area contributed by atoms with E-state index < -0.39 is 40.3 Å². The molecule has 0 aromatic carbocycles. The topological polar surface area (TPSA) is 166 Å². The van der Waals surface area contributed by atoms with E-state index in [-0.39, 0.29) is 49.3 Å². The number of nitrogens with zero attached hydrogens (tertiary/aromatic N) is 4. The minimum Gasteiger partial charge on any atom is -0.472 e. The summed E-state index contributed by atoms with van der Waals surface area (Å²) < 4.78 is 9.89. The molecule has 3 aliphatic carbocycles. The van der Waals surface area contributed by atoms with Crippen molar-refractivity contribution in [2.24, 2.45) is 11.8 Å². The molecular formula is C42H57N7O6S. The standard InChI is InChI=1S/C42H57N7O6S/c1-3-31-17-19-42(31,40(53)47-56(4-2)33-15-16-33)46-37(51)35-25-32(55-38-30(14-6-5-11-23-50)24-29-18-20-43-26-34(29)44-38)27-49(35)39(52)36(28-12-7-8-13-28)45-41(54)48-21-9-10-22-48/h3-4,6,14,18,20,24,26,28,31-33,35-36,50H,1,5,7-13,15-17,19,21-23,25,27H2,2H3,(H,45,54)(H,46,51)(H,47,53)/b14-6+/t31-,32-,35+,36+,42-,56?/m1/s1. The molecule has 56 heavy (non-hydrogen) atoms. The maximum absolute atomic E-state index is 14.9. The maximum atomic E-state index is 14.9. The molecule has 6 atom stereocenters. The first-order chi connectivity index (χ1) is 27.2. The molecule has 4 heterocycles. The number of pyridine rings is 2. The van der Waals surface area contributed by atoms with Crippen LogP contribution in [0.15, 0.2) is 43.3 Å². The van der Waals surface area contributed by atoms with E-state index in [1.54, 1.807) is 28.3 Å². The van der Waals surface area contributed by atoms with Crippen LogP contribution < -0.4 is 20.1 Å². The molecular weight excluding hydrogens is 731 g/mol. The Hall–Kier alpha value is -4.30. The average molecular weight is 788 g/mol. The van der Waals surface area contributed by atoms with Gasteiger partial charge in [-0.05, 0) is 94.6 Å². The van der Waals surface area contributed by atoms with Crippen molar-refractivity contribution < 1.29 is 29.0 Å². The van der Waals surface area contributed by atoms with Crippen LogP contribution in [0.2, 0.25) is 0 Å². The Kier molecular flexibility index (Phi) is 12.7. The van der Waals surface area contributed by atoms with Gasteiger partial charge in [-0.15, -0.1) is 6.58 Å². The molecule has 2 aliphatic heterocycles. The van der Waals surface area contributed by atoms with Gasteiger partial charge in [-0.3, -0.25) is 19.4 Å². The van der Waals surface area contributed by atoms with Crippen molar-refractivity contribution in [2.75, 3.05) is 26.2 Å². The van der Waals surface area contributed by atoms with Gasteiger partial charge in [-0.1, -0.05) is 41.7 Å². The van der Waals surface area contributed by atoms with Gasteiger partial charge in [0.05, 0.1) is 18.3 Å². The Morgan fingerprint density at radius 1 is 1.12 bits per heavy atom. The van der Waals surface area contributed by atoms with Crippen molar-refractivity contribution in [2.45, 2.75) is 119 Å². The molecule has 0 radical (unpaired) electrons. The Morgan fingerprint density at radius 3 is 2.59 bits per heavy atom. The number of carbonyl (C=O) groups excluding carboxylic acids is 4. The molecule has 0 spiro atoms. The summed E-state index contributed by atoms with van der Waals surface area (Å²) in [7, 11) is -0.392. The minimum absolute atomic E-state index is 0.0532. The van der Waals surface area contributed by atoms with E-state index in [2.05, 4.69) is 26.9 Å². The highest BCUT2D eigenvalue weighted by Crippen LogP contribution is 2.43. The third kappa shape index (κ3) is 8.66. The van der Waals surface area contributed by atoms with Gasteiger partial charge in [0.1, 0.15) is 23.7 Å². The number of nitrogens with one attached hydrogen (secondary N) is 3. The number of unbranched alkanes of at least 4 members (excludes halogenated alkanes) is 1. The monoisotopic (exact) mass is 787 g/mol. The molecule has 5 amide bonds. The number of rotatable bonds is 15. The van der Waals surface area contributed by atoms with Crippen LogP contribution in [0.25, 0.3) is 17.0 Å². The lowest BCUT2D eigenvalue weighted by molar-refractivity contribution is -0.145. The highest BCUT2D eigenvalue weighted by molar-refractivity contribution is 8.14. The number of amides is 5. The van der Waals surface area contributed by atoms with Crippen LogP contribution in [-0.2, 0) is 14.4 Å². The van der Waals surface area contributed by atoms with Gasteiger partial charge in [-0.2, -0.15) is 0 Å². The second-order valence-electron chi connectivity index (χ2n) is 15.9. The quantitative estimate of drug-likeness (QED) is 0.113. The molecule has 1 unspecified atom stereocenters. The van der Waals surface area contributed by atoms with Crippen molar-refractivity contribution in [1.29, 1.82) is 0 Å². The van der Waals surface area contributed by atoms with Crippen molar-refractivity contribution in [3.05, 3.63) is 48.8 Å². The highest BCUT2D eigenvalue weighted by atomic mass is 32.2. The number of urea groups is 1. The third-order valence-corrected chi connectivity index (χ3v) is 14.4. The summed E-state index contributed by atoms with van der Waals surface area (Å²) in [6, 6.07) is 1.85. The summed E-state index contributed by atoms with van der Waals surface area (Å²) in [5.74, 6) is -0.905. The maximum Gasteiger partial charge on any atom is 0.318 e. The van der Waals surface area contributed by atoms with Crippen molar-refractivity contribution in [3.8, 4) is 5.88 Å². The predicted octanol–water partition coefficient (Wildman–Crippen LogP) is 4.86. The molecule has 5 fully saturated rings. The zero-order chi connectivity index (χ0) is 39.2. The Morgan fingerprint density at radius 2 is 1.91 bits per heavy atom. The smallest absolute Gasteiger partial charge is 0.318 e. The fourth-order valence-electron chi connectivity index (χ4n) is 8.75. The lowest BCUT2D eigenvalue weighted by Crippen LogP contribution is -2.69. The molecule has 2 saturated heterocycles. The van der Waals surface area contributed by atoms with Gasteiger partial charge in [0, 0.05) is 54.4 Å². The fourth-order valence-corrected chi connectivity index (χ4v) is 10.5. The SMILES string of the molecule is C=C[C@@H]1CC[C@]1(NC(=O)[C@@H]1C[C@@H](Oc2nc3cnccc3cc2/C=C/CCCO)CN1C(=O)[C@@H](NC(=O)N1CCCC1)C1CCCC1)C(=O)N/S(=C/C)C1CC1. The Labute approximate surface area is 332 Å². The van der Waals surface area contributed by atoms with Gasteiger partial charge >= 0.3 is 6.03 Å². The first-order valence-electron chi connectivity index (χ1n) is 20.6. The van der Waals surface area contributed by atoms with Gasteiger partial charge in [-0.25, -0.2) is 9.78 Å². The third-order valence-electron chi connectivity index (χ3n) is 12.2. The van der Waals surface area contributed by atoms with E-state index in [1.165, 1.54) is 0 Å². The van der Waals surface area contributed by atoms with Crippen LogP contribution in [0.4, 0.5) is 4.79 Å². The van der Waals surface area contributed by atoms with E-state index in [4.69, 9.17) is 9.72 Å². The van der Waals surface area contributed by atoms with E-state index in [0.29, 0.717) is 55.4 Å². The van der Waals surface area contributed by atoms with Gasteiger partial charge in [0.2, 0.25) is 17.7 Å². The number of aliphatic hydroxyl groups excluding tert-OH is 1. The van der Waals surface area contributed by atoms with Crippen LogP contribution in [0.3, 0.4) is 0 Å². The number of hydrogen-bond donors (Lipinski definition) is 4. The zero-order valence-corrected chi connectivity index (χ0v) is 33.3. The van der Waals surface area contributed by atoms with E-state index in [9.17, 15) is 24.3 Å². The van der Waals surface area contributed by atoms with E-state index >= 15 is 0 Å². The highest BCUT2D eigenvalue weighted by Gasteiger charge is 2.55. The number of allylic oxidation sites excluding steroid dienone is 1. The summed E-state index contributed by atoms with van der Waals surface area (Å²) in [6.07, 6.45) is 18.6. The number of likely N-dealkylation sites (tertiary alicyclic amines) is 2. The van der Waals surface area contributed by atoms with Crippen LogP contribution in [-0.4, -0.2) is 109 Å². The van der Waals surface area contributed by atoms with Crippen molar-refractivity contribution in [1.82, 2.24) is 35.1 Å². The molecule has 5 aliphatic rings. The molecule has 13 nitrogen and oxygen atoms in total. The van der Waals surface area contributed by atoms with Crippen LogP contribution >= 0.6 is 10.7 Å². The summed E-state index contributed by atoms with van der Waals surface area (Å²) in [5, 5.41) is 19.0. The Bertz CT molecular complexity index is 1860. The fraction of sp³-hybridized carbons (Fsp3) is 0.595. The summed E-state index contributed by atoms with van der Waals surface area (Å²) in [4.78, 5) is 69.7. The van der Waals surface area contributed by atoms with Crippen LogP contribution in [0.5, 0.6) is 5.88 Å². The van der Waals surface area contributed by atoms with Crippen molar-refractivity contribution >= 4 is 56.8 Å². The molecule has 2 aromatic rings. The largest absolute Gasteiger partial charge is 0.472 e. The molecule has 7 rings (SSSR count). The summed E-state index contributed by atoms with van der Waals surface area (Å²) in [6.45, 7) is 7.45. The molecule has 14 heteroatoms. The summed E-state index contributed by atoms with van der Waals surface area (Å²) >= 11 is 0. The lowest BCUT2D eigenvalue weighted by atomic mass is 9.66. The second kappa shape index (κ2) is 17.9. The molecule has 302 valence electrons. The molecule has 0 bridgehead atoms. The van der Waals surface area contributed by atoms with E-state index in [0.717, 1.165) is 62.3 Å². The number of carbonyl (C=O) groups is 4. The summed E-state index contributed by atoms with van der Waals surface area (Å²) in [5.41, 5.74) is 0.195. The zero-order valence-electron chi connectivity index (χ0n) is 32.5. The molecule has 3 saturated carbocycles. The van der Waals surface area contributed by atoms with E-state index in [1.807, 2.05) is 36.6 Å². The number of aromatic nitrogens is 2. The molecule has 4 N–H and O–H groups in total. The Balaban J connectivity index is 1.19. The predicted molar refractivity (Wildman–Crippen MR) is 219 cm³/mol. The first-order valence-corrected chi connectivity index (χ1v) is 21.9. The number of aliphatic hydroxyl groups is 1. The van der Waals surface area contributed by atoms with Crippen LogP contribution in [0.1, 0.15) is 96.0 Å². The lowest BCUT2D eigenvalue weighted by Gasteiger charge is -2.48. The first kappa shape index (κ1) is 39.9. The number of ether oxygens (including phenoxy) is 1. The normalized spacial score (nSPS) is 26.3. The number of hydrogen-bond acceptors (Lipinski definition) is 8. The number of fused-ring (bicyclic) bond motifs is 1. The minimum atomic E-state index is -1.18. The van der Waals surface area contributed by atoms with Gasteiger partial charge in [0.15, 0.2) is 0 Å². The van der Waals surface area contributed by atoms with Crippen molar-refractivity contribution in [3.63, 3.8) is 0 Å². The average Bonchev–Trinajstić information content (AvgIpc) is 3.54. The van der Waals surface area contributed by atoms with Gasteiger partial charge < -0.3 is 35.0 Å². The molecule has 2 aromatic heterocycles.